The van der Waals surface area contributed by atoms with E-state index in [-0.39, 0.29) is 30.9 Å². The van der Waals surface area contributed by atoms with Crippen molar-refractivity contribution in [3.8, 4) is 6.07 Å². The first kappa shape index (κ1) is 10.0. The van der Waals surface area contributed by atoms with Crippen LogP contribution < -0.4 is 5.32 Å². The summed E-state index contributed by atoms with van der Waals surface area (Å²) in [6.45, 7) is 0.123. The lowest BCUT2D eigenvalue weighted by Crippen LogP contribution is -2.38. The van der Waals surface area contributed by atoms with Crippen molar-refractivity contribution in [2.75, 3.05) is 6.61 Å². The molecule has 13 heavy (non-hydrogen) atoms. The Kier molecular flexibility index (Phi) is 3.71. The average Bonchev–Trinajstić information content (AvgIpc) is 2.52. The maximum absolute atomic E-state index is 11.0. The quantitative estimate of drug-likeness (QED) is 0.653. The molecular formula is C9H14N2O2. The van der Waals surface area contributed by atoms with E-state index >= 15 is 0 Å². The van der Waals surface area contributed by atoms with Crippen LogP contribution in [-0.4, -0.2) is 23.7 Å². The fourth-order valence-electron chi connectivity index (χ4n) is 1.78. The zero-order chi connectivity index (χ0) is 9.68. The average molecular weight is 182 g/mol. The largest absolute Gasteiger partial charge is 0.396 e. The predicted octanol–water partition coefficient (Wildman–Crippen LogP) is 0.177. The Morgan fingerprint density at radius 3 is 3.00 bits per heavy atom. The number of aliphatic hydroxyl groups is 1. The van der Waals surface area contributed by atoms with Crippen LogP contribution in [0.5, 0.6) is 0 Å². The van der Waals surface area contributed by atoms with Gasteiger partial charge in [-0.05, 0) is 12.8 Å². The van der Waals surface area contributed by atoms with Crippen LogP contribution >= 0.6 is 0 Å². The second-order valence-corrected chi connectivity index (χ2v) is 3.38. The maximum Gasteiger partial charge on any atom is 0.234 e. The van der Waals surface area contributed by atoms with Crippen LogP contribution in [0.25, 0.3) is 0 Å². The van der Waals surface area contributed by atoms with Crippen molar-refractivity contribution < 1.29 is 9.90 Å². The van der Waals surface area contributed by atoms with Crippen LogP contribution in [0.3, 0.4) is 0 Å². The van der Waals surface area contributed by atoms with Gasteiger partial charge in [0.25, 0.3) is 0 Å². The molecule has 0 aromatic carbocycles. The molecule has 0 radical (unpaired) electrons. The van der Waals surface area contributed by atoms with E-state index in [1.54, 1.807) is 6.07 Å². The summed E-state index contributed by atoms with van der Waals surface area (Å²) >= 11 is 0. The Hall–Kier alpha value is -1.08. The van der Waals surface area contributed by atoms with Crippen molar-refractivity contribution in [3.63, 3.8) is 0 Å². The van der Waals surface area contributed by atoms with Crippen LogP contribution in [0, 0.1) is 17.2 Å². The van der Waals surface area contributed by atoms with E-state index in [9.17, 15) is 4.79 Å². The van der Waals surface area contributed by atoms with Gasteiger partial charge in [-0.15, -0.1) is 0 Å². The lowest BCUT2D eigenvalue weighted by Gasteiger charge is -2.17. The van der Waals surface area contributed by atoms with Gasteiger partial charge in [-0.25, -0.2) is 0 Å². The summed E-state index contributed by atoms with van der Waals surface area (Å²) in [4.78, 5) is 11.0. The number of rotatable bonds is 3. The molecule has 0 aromatic heterocycles. The summed E-state index contributed by atoms with van der Waals surface area (Å²) in [5, 5.41) is 20.0. The van der Waals surface area contributed by atoms with Gasteiger partial charge in [0.2, 0.25) is 5.91 Å². The minimum Gasteiger partial charge on any atom is -0.396 e. The van der Waals surface area contributed by atoms with Gasteiger partial charge >= 0.3 is 0 Å². The number of carbonyl (C=O) groups excluding carboxylic acids is 1. The number of nitriles is 1. The highest BCUT2D eigenvalue weighted by Gasteiger charge is 2.27. The SMILES string of the molecule is N#CCC(=O)NC1CCCC1CO. The molecule has 4 heteroatoms. The third kappa shape index (κ3) is 2.71. The van der Waals surface area contributed by atoms with Gasteiger partial charge < -0.3 is 10.4 Å². The van der Waals surface area contributed by atoms with Gasteiger partial charge in [0.15, 0.2) is 0 Å². The van der Waals surface area contributed by atoms with Gasteiger partial charge in [0, 0.05) is 18.6 Å². The van der Waals surface area contributed by atoms with Crippen LogP contribution in [0.15, 0.2) is 0 Å². The Morgan fingerprint density at radius 1 is 1.62 bits per heavy atom. The molecule has 0 aliphatic heterocycles. The molecular weight excluding hydrogens is 168 g/mol. The lowest BCUT2D eigenvalue weighted by molar-refractivity contribution is -0.121. The van der Waals surface area contributed by atoms with E-state index in [1.807, 2.05) is 0 Å². The van der Waals surface area contributed by atoms with Gasteiger partial charge in [-0.2, -0.15) is 5.26 Å². The standard InChI is InChI=1S/C9H14N2O2/c10-5-4-9(13)11-8-3-1-2-7(8)6-12/h7-8,12H,1-4,6H2,(H,11,13). The molecule has 1 fully saturated rings. The molecule has 2 atom stereocenters. The highest BCUT2D eigenvalue weighted by Crippen LogP contribution is 2.24. The van der Waals surface area contributed by atoms with Crippen LogP contribution in [0.2, 0.25) is 0 Å². The Labute approximate surface area is 77.6 Å². The minimum absolute atomic E-state index is 0.0749. The second kappa shape index (κ2) is 4.83. The van der Waals surface area contributed by atoms with Gasteiger partial charge in [0.1, 0.15) is 6.42 Å². The van der Waals surface area contributed by atoms with Crippen molar-refractivity contribution in [1.82, 2.24) is 5.32 Å². The summed E-state index contributed by atoms with van der Waals surface area (Å²) in [5.74, 6) is -0.0458. The first-order valence-corrected chi connectivity index (χ1v) is 4.55. The molecule has 72 valence electrons. The van der Waals surface area contributed by atoms with Crippen molar-refractivity contribution in [2.45, 2.75) is 31.7 Å². The van der Waals surface area contributed by atoms with Crippen molar-refractivity contribution in [1.29, 1.82) is 5.26 Å². The fourth-order valence-corrected chi connectivity index (χ4v) is 1.78. The van der Waals surface area contributed by atoms with Gasteiger partial charge in [-0.3, -0.25) is 4.79 Å². The summed E-state index contributed by atoms with van der Waals surface area (Å²) < 4.78 is 0. The van der Waals surface area contributed by atoms with Crippen LogP contribution in [0.1, 0.15) is 25.7 Å². The number of carbonyl (C=O) groups is 1. The Morgan fingerprint density at radius 2 is 2.38 bits per heavy atom. The van der Waals surface area contributed by atoms with E-state index in [4.69, 9.17) is 10.4 Å². The highest BCUT2D eigenvalue weighted by molar-refractivity contribution is 5.78. The molecule has 2 N–H and O–H groups in total. The zero-order valence-electron chi connectivity index (χ0n) is 7.49. The summed E-state index contributed by atoms with van der Waals surface area (Å²) in [7, 11) is 0. The molecule has 0 aromatic rings. The molecule has 0 bridgehead atoms. The molecule has 1 saturated carbocycles. The number of aliphatic hydroxyl groups excluding tert-OH is 1. The van der Waals surface area contributed by atoms with Gasteiger partial charge in [0.05, 0.1) is 6.07 Å². The maximum atomic E-state index is 11.0. The monoisotopic (exact) mass is 182 g/mol. The first-order valence-electron chi connectivity index (χ1n) is 4.55. The fraction of sp³-hybridized carbons (Fsp3) is 0.778. The summed E-state index contributed by atoms with van der Waals surface area (Å²) in [6, 6.07) is 1.87. The number of amides is 1. The third-order valence-corrected chi connectivity index (χ3v) is 2.48. The normalized spacial score (nSPS) is 26.8. The summed E-state index contributed by atoms with van der Waals surface area (Å²) in [6.07, 6.45) is 2.84. The number of nitrogens with zero attached hydrogens (tertiary/aromatic N) is 1. The van der Waals surface area contributed by atoms with E-state index in [2.05, 4.69) is 5.32 Å². The van der Waals surface area contributed by atoms with Crippen LogP contribution in [0.4, 0.5) is 0 Å². The molecule has 1 rings (SSSR count). The van der Waals surface area contributed by atoms with Crippen molar-refractivity contribution in [3.05, 3.63) is 0 Å². The first-order chi connectivity index (χ1) is 6.27. The van der Waals surface area contributed by atoms with E-state index in [0.717, 1.165) is 19.3 Å². The summed E-state index contributed by atoms with van der Waals surface area (Å²) in [5.41, 5.74) is 0. The second-order valence-electron chi connectivity index (χ2n) is 3.38. The number of hydrogen-bond acceptors (Lipinski definition) is 3. The van der Waals surface area contributed by atoms with Gasteiger partial charge in [-0.1, -0.05) is 6.42 Å². The molecule has 1 aliphatic rings. The van der Waals surface area contributed by atoms with E-state index < -0.39 is 0 Å². The van der Waals surface area contributed by atoms with Crippen molar-refractivity contribution >= 4 is 5.91 Å². The molecule has 0 heterocycles. The molecule has 1 amide bonds. The van der Waals surface area contributed by atoms with E-state index in [1.165, 1.54) is 0 Å². The van der Waals surface area contributed by atoms with E-state index in [0.29, 0.717) is 0 Å². The molecule has 2 unspecified atom stereocenters. The van der Waals surface area contributed by atoms with Crippen LogP contribution in [-0.2, 0) is 4.79 Å². The third-order valence-electron chi connectivity index (χ3n) is 2.48. The predicted molar refractivity (Wildman–Crippen MR) is 46.6 cm³/mol. The molecule has 0 saturated heterocycles. The Bertz CT molecular complexity index is 222. The number of nitrogens with one attached hydrogen (secondary N) is 1. The highest BCUT2D eigenvalue weighted by atomic mass is 16.3. The Balaban J connectivity index is 2.35. The molecule has 1 aliphatic carbocycles. The smallest absolute Gasteiger partial charge is 0.234 e. The number of hydrogen-bond donors (Lipinski definition) is 2. The lowest BCUT2D eigenvalue weighted by atomic mass is 10.1. The molecule has 0 spiro atoms. The topological polar surface area (TPSA) is 73.1 Å². The minimum atomic E-state index is -0.229. The molecule has 4 nitrogen and oxygen atoms in total. The van der Waals surface area contributed by atoms with Crippen molar-refractivity contribution in [2.24, 2.45) is 5.92 Å². The zero-order valence-corrected chi connectivity index (χ0v) is 7.49.